The van der Waals surface area contributed by atoms with Gasteiger partial charge >= 0.3 is 0 Å². The maximum atomic E-state index is 6.11. The van der Waals surface area contributed by atoms with E-state index in [0.29, 0.717) is 15.7 Å². The Kier molecular flexibility index (Phi) is 4.56. The lowest BCUT2D eigenvalue weighted by atomic mass is 10.1. The number of anilines is 2. The van der Waals surface area contributed by atoms with E-state index in [1.807, 2.05) is 11.8 Å². The van der Waals surface area contributed by atoms with E-state index >= 15 is 0 Å². The third kappa shape index (κ3) is 3.01. The van der Waals surface area contributed by atoms with E-state index in [9.17, 15) is 0 Å². The number of rotatable bonds is 5. The second kappa shape index (κ2) is 5.97. The Hall–Kier alpha value is -0.680. The fraction of sp³-hybridized carbons (Fsp3) is 0.667. The number of thioether (sulfide) groups is 1. The monoisotopic (exact) mass is 286 g/mol. The first-order chi connectivity index (χ1) is 8.69. The predicted octanol–water partition coefficient (Wildman–Crippen LogP) is 3.26. The van der Waals surface area contributed by atoms with Crippen LogP contribution in [0.25, 0.3) is 0 Å². The molecule has 1 aromatic heterocycles. The van der Waals surface area contributed by atoms with Gasteiger partial charge in [0.25, 0.3) is 0 Å². The van der Waals surface area contributed by atoms with Crippen molar-refractivity contribution in [2.75, 3.05) is 30.5 Å². The molecule has 0 spiro atoms. The van der Waals surface area contributed by atoms with Gasteiger partial charge < -0.3 is 10.6 Å². The highest BCUT2D eigenvalue weighted by atomic mass is 35.5. The average molecular weight is 287 g/mol. The van der Waals surface area contributed by atoms with Crippen molar-refractivity contribution in [2.45, 2.75) is 30.4 Å². The van der Waals surface area contributed by atoms with Crippen molar-refractivity contribution in [1.82, 2.24) is 9.97 Å². The quantitative estimate of drug-likeness (QED) is 0.870. The van der Waals surface area contributed by atoms with Crippen LogP contribution in [0.4, 0.5) is 11.8 Å². The zero-order chi connectivity index (χ0) is 13.0. The second-order valence-electron chi connectivity index (χ2n) is 4.59. The predicted molar refractivity (Wildman–Crippen MR) is 79.8 cm³/mol. The van der Waals surface area contributed by atoms with Gasteiger partial charge in [-0.3, -0.25) is 0 Å². The number of hydrogen-bond donors (Lipinski definition) is 2. The van der Waals surface area contributed by atoms with E-state index in [-0.39, 0.29) is 0 Å². The molecule has 1 aliphatic rings. The largest absolute Gasteiger partial charge is 0.367 e. The summed E-state index contributed by atoms with van der Waals surface area (Å²) in [5, 5.41) is 6.87. The fourth-order valence-electron chi connectivity index (χ4n) is 2.33. The van der Waals surface area contributed by atoms with Gasteiger partial charge in [-0.2, -0.15) is 16.7 Å². The zero-order valence-electron chi connectivity index (χ0n) is 10.8. The van der Waals surface area contributed by atoms with E-state index in [1.54, 1.807) is 13.2 Å². The van der Waals surface area contributed by atoms with Gasteiger partial charge in [-0.15, -0.1) is 0 Å². The summed E-state index contributed by atoms with van der Waals surface area (Å²) in [6.07, 6.45) is 8.99. The Labute approximate surface area is 117 Å². The summed E-state index contributed by atoms with van der Waals surface area (Å²) in [6, 6.07) is 0. The molecule has 0 bridgehead atoms. The second-order valence-corrected chi connectivity index (χ2v) is 6.27. The molecule has 1 fully saturated rings. The van der Waals surface area contributed by atoms with Crippen molar-refractivity contribution in [3.05, 3.63) is 11.2 Å². The maximum Gasteiger partial charge on any atom is 0.224 e. The summed E-state index contributed by atoms with van der Waals surface area (Å²) in [5.74, 6) is 1.31. The van der Waals surface area contributed by atoms with Crippen LogP contribution < -0.4 is 10.6 Å². The number of nitrogens with zero attached hydrogens (tertiary/aromatic N) is 2. The summed E-state index contributed by atoms with van der Waals surface area (Å²) >= 11 is 8.06. The highest BCUT2D eigenvalue weighted by Gasteiger charge is 2.32. The molecule has 18 heavy (non-hydrogen) atoms. The molecular formula is C12H19ClN4S. The van der Waals surface area contributed by atoms with Crippen LogP contribution in [-0.4, -0.2) is 34.6 Å². The standard InChI is InChI=1S/C12H19ClN4S/c1-14-11-15-7-9(13)10(17-11)16-8-12(18-2)5-3-4-6-12/h7H,3-6,8H2,1-2H3,(H2,14,15,16,17). The van der Waals surface area contributed by atoms with E-state index in [0.717, 1.165) is 12.4 Å². The van der Waals surface area contributed by atoms with Crippen molar-refractivity contribution in [1.29, 1.82) is 0 Å². The first-order valence-electron chi connectivity index (χ1n) is 6.18. The van der Waals surface area contributed by atoms with Crippen LogP contribution in [0.15, 0.2) is 6.20 Å². The molecule has 100 valence electrons. The molecule has 4 nitrogen and oxygen atoms in total. The normalized spacial score (nSPS) is 17.7. The van der Waals surface area contributed by atoms with Crippen molar-refractivity contribution in [2.24, 2.45) is 0 Å². The summed E-state index contributed by atoms with van der Waals surface area (Å²) < 4.78 is 0.341. The molecule has 0 unspecified atom stereocenters. The van der Waals surface area contributed by atoms with E-state index < -0.39 is 0 Å². The van der Waals surface area contributed by atoms with Gasteiger partial charge in [0.1, 0.15) is 5.02 Å². The van der Waals surface area contributed by atoms with Gasteiger partial charge in [0, 0.05) is 18.3 Å². The van der Waals surface area contributed by atoms with Gasteiger partial charge in [-0.1, -0.05) is 24.4 Å². The van der Waals surface area contributed by atoms with Crippen molar-refractivity contribution < 1.29 is 0 Å². The fourth-order valence-corrected chi connectivity index (χ4v) is 3.40. The first-order valence-corrected chi connectivity index (χ1v) is 7.79. The molecule has 0 amide bonds. The summed E-state index contributed by atoms with van der Waals surface area (Å²) in [4.78, 5) is 8.42. The van der Waals surface area contributed by atoms with Crippen molar-refractivity contribution >= 4 is 35.1 Å². The van der Waals surface area contributed by atoms with Crippen LogP contribution in [-0.2, 0) is 0 Å². The lowest BCUT2D eigenvalue weighted by Gasteiger charge is -2.27. The van der Waals surface area contributed by atoms with Gasteiger partial charge in [0.15, 0.2) is 5.82 Å². The van der Waals surface area contributed by atoms with Crippen LogP contribution >= 0.6 is 23.4 Å². The molecule has 0 atom stereocenters. The lowest BCUT2D eigenvalue weighted by molar-refractivity contribution is 0.638. The van der Waals surface area contributed by atoms with Crippen LogP contribution in [0.2, 0.25) is 5.02 Å². The number of halogens is 1. The van der Waals surface area contributed by atoms with Crippen LogP contribution in [0.3, 0.4) is 0 Å². The molecule has 0 saturated heterocycles. The topological polar surface area (TPSA) is 49.8 Å². The van der Waals surface area contributed by atoms with Gasteiger partial charge in [0.2, 0.25) is 5.95 Å². The molecule has 0 radical (unpaired) electrons. The Morgan fingerprint density at radius 2 is 2.17 bits per heavy atom. The van der Waals surface area contributed by atoms with Gasteiger partial charge in [-0.05, 0) is 19.1 Å². The minimum absolute atomic E-state index is 0.341. The van der Waals surface area contributed by atoms with E-state index in [1.165, 1.54) is 25.7 Å². The molecule has 0 aromatic carbocycles. The lowest BCUT2D eigenvalue weighted by Crippen LogP contribution is -2.30. The van der Waals surface area contributed by atoms with Crippen LogP contribution in [0.5, 0.6) is 0 Å². The Bertz CT molecular complexity index is 407. The smallest absolute Gasteiger partial charge is 0.224 e. The number of aromatic nitrogens is 2. The third-order valence-electron chi connectivity index (χ3n) is 3.49. The molecule has 1 aliphatic carbocycles. The minimum Gasteiger partial charge on any atom is -0.367 e. The van der Waals surface area contributed by atoms with E-state index in [4.69, 9.17) is 11.6 Å². The van der Waals surface area contributed by atoms with Crippen LogP contribution in [0.1, 0.15) is 25.7 Å². The molecular weight excluding hydrogens is 268 g/mol. The molecule has 2 rings (SSSR count). The average Bonchev–Trinajstić information content (AvgIpc) is 2.87. The number of nitrogens with one attached hydrogen (secondary N) is 2. The molecule has 1 aromatic rings. The first kappa shape index (κ1) is 13.7. The molecule has 1 saturated carbocycles. The highest BCUT2D eigenvalue weighted by Crippen LogP contribution is 2.40. The molecule has 6 heteroatoms. The maximum absolute atomic E-state index is 6.11. The Morgan fingerprint density at radius 1 is 1.44 bits per heavy atom. The van der Waals surface area contributed by atoms with Gasteiger partial charge in [-0.25, -0.2) is 4.98 Å². The van der Waals surface area contributed by atoms with Crippen LogP contribution in [0, 0.1) is 0 Å². The van der Waals surface area contributed by atoms with Gasteiger partial charge in [0.05, 0.1) is 6.20 Å². The highest BCUT2D eigenvalue weighted by molar-refractivity contribution is 8.00. The number of hydrogen-bond acceptors (Lipinski definition) is 5. The SMILES string of the molecule is CNc1ncc(Cl)c(NCC2(SC)CCCC2)n1. The van der Waals surface area contributed by atoms with E-state index in [2.05, 4.69) is 26.9 Å². The molecule has 1 heterocycles. The molecule has 2 N–H and O–H groups in total. The summed E-state index contributed by atoms with van der Waals surface area (Å²) in [6.45, 7) is 0.911. The Morgan fingerprint density at radius 3 is 2.78 bits per heavy atom. The third-order valence-corrected chi connectivity index (χ3v) is 5.19. The molecule has 0 aliphatic heterocycles. The summed E-state index contributed by atoms with van der Waals surface area (Å²) in [5.41, 5.74) is 0. The summed E-state index contributed by atoms with van der Waals surface area (Å²) in [7, 11) is 1.80. The zero-order valence-corrected chi connectivity index (χ0v) is 12.4. The Balaban J connectivity index is 2.05. The minimum atomic E-state index is 0.341. The van der Waals surface area contributed by atoms with Crippen molar-refractivity contribution in [3.63, 3.8) is 0 Å². The van der Waals surface area contributed by atoms with Crippen molar-refractivity contribution in [3.8, 4) is 0 Å².